The molecule has 4 N–H and O–H groups in total. The zero-order valence-corrected chi connectivity index (χ0v) is 12.0. The third-order valence-corrected chi connectivity index (χ3v) is 3.42. The quantitative estimate of drug-likeness (QED) is 0.298. The lowest BCUT2D eigenvalue weighted by Gasteiger charge is -2.12. The van der Waals surface area contributed by atoms with Gasteiger partial charge in [0.1, 0.15) is 5.69 Å². The molecule has 0 aliphatic heterocycles. The van der Waals surface area contributed by atoms with Gasteiger partial charge in [0.2, 0.25) is 11.8 Å². The van der Waals surface area contributed by atoms with Gasteiger partial charge in [0, 0.05) is 6.54 Å². The summed E-state index contributed by atoms with van der Waals surface area (Å²) in [5.41, 5.74) is 2.40. The average Bonchev–Trinajstić information content (AvgIpc) is 2.95. The SMILES string of the molecule is Cc1nc(NN)nc(NCCOC2CCCC2)c1[N+](=O)[O-]. The average molecular weight is 296 g/mol. The molecule has 1 heterocycles. The van der Waals surface area contributed by atoms with Crippen molar-refractivity contribution >= 4 is 17.5 Å². The van der Waals surface area contributed by atoms with Crippen LogP contribution in [-0.2, 0) is 4.74 Å². The molecule has 116 valence electrons. The van der Waals surface area contributed by atoms with Gasteiger partial charge in [0.05, 0.1) is 17.6 Å². The van der Waals surface area contributed by atoms with Gasteiger partial charge >= 0.3 is 5.69 Å². The molecule has 0 bridgehead atoms. The van der Waals surface area contributed by atoms with Crippen molar-refractivity contribution in [3.8, 4) is 0 Å². The van der Waals surface area contributed by atoms with Gasteiger partial charge in [0.15, 0.2) is 0 Å². The van der Waals surface area contributed by atoms with E-state index in [1.807, 2.05) is 0 Å². The van der Waals surface area contributed by atoms with Crippen LogP contribution in [0, 0.1) is 17.0 Å². The molecule has 0 aromatic carbocycles. The van der Waals surface area contributed by atoms with Crippen LogP contribution >= 0.6 is 0 Å². The molecular formula is C12H20N6O3. The summed E-state index contributed by atoms with van der Waals surface area (Å²) in [5.74, 6) is 5.54. The number of nitrogens with one attached hydrogen (secondary N) is 2. The molecule has 21 heavy (non-hydrogen) atoms. The summed E-state index contributed by atoms with van der Waals surface area (Å²) in [7, 11) is 0. The first-order valence-corrected chi connectivity index (χ1v) is 6.97. The molecule has 1 aromatic heterocycles. The Bertz CT molecular complexity index is 504. The second-order valence-electron chi connectivity index (χ2n) is 4.94. The fourth-order valence-electron chi connectivity index (χ4n) is 2.42. The van der Waals surface area contributed by atoms with Gasteiger partial charge in [-0.25, -0.2) is 10.8 Å². The normalized spacial score (nSPS) is 15.1. The Hall–Kier alpha value is -2.00. The first-order valence-electron chi connectivity index (χ1n) is 6.97. The lowest BCUT2D eigenvalue weighted by atomic mass is 10.3. The Kier molecular flexibility index (Phi) is 5.23. The van der Waals surface area contributed by atoms with Crippen LogP contribution in [0.1, 0.15) is 31.4 Å². The predicted molar refractivity (Wildman–Crippen MR) is 77.9 cm³/mol. The highest BCUT2D eigenvalue weighted by atomic mass is 16.6. The number of nitrogens with two attached hydrogens (primary N) is 1. The molecule has 0 unspecified atom stereocenters. The number of hydrogen-bond acceptors (Lipinski definition) is 8. The van der Waals surface area contributed by atoms with Crippen LogP contribution in [0.25, 0.3) is 0 Å². The highest BCUT2D eigenvalue weighted by Gasteiger charge is 2.22. The largest absolute Gasteiger partial charge is 0.376 e. The molecule has 9 heteroatoms. The Morgan fingerprint density at radius 2 is 2.14 bits per heavy atom. The minimum Gasteiger partial charge on any atom is -0.376 e. The van der Waals surface area contributed by atoms with E-state index in [0.717, 1.165) is 12.8 Å². The monoisotopic (exact) mass is 296 g/mol. The Morgan fingerprint density at radius 1 is 1.43 bits per heavy atom. The van der Waals surface area contributed by atoms with Crippen molar-refractivity contribution in [2.24, 2.45) is 5.84 Å². The van der Waals surface area contributed by atoms with Crippen molar-refractivity contribution in [2.45, 2.75) is 38.7 Å². The predicted octanol–water partition coefficient (Wildman–Crippen LogP) is 1.35. The Labute approximate surface area is 122 Å². The smallest absolute Gasteiger partial charge is 0.332 e. The minimum atomic E-state index is -0.504. The van der Waals surface area contributed by atoms with Crippen LogP contribution in [0.4, 0.5) is 17.5 Å². The lowest BCUT2D eigenvalue weighted by molar-refractivity contribution is -0.385. The molecule has 1 saturated carbocycles. The van der Waals surface area contributed by atoms with Gasteiger partial charge in [-0.3, -0.25) is 15.5 Å². The summed E-state index contributed by atoms with van der Waals surface area (Å²) in [5, 5.41) is 14.0. The van der Waals surface area contributed by atoms with Crippen LogP contribution < -0.4 is 16.6 Å². The first-order chi connectivity index (χ1) is 10.1. The Morgan fingerprint density at radius 3 is 2.76 bits per heavy atom. The van der Waals surface area contributed by atoms with Crippen molar-refractivity contribution < 1.29 is 9.66 Å². The van der Waals surface area contributed by atoms with Crippen molar-refractivity contribution in [3.05, 3.63) is 15.8 Å². The number of ether oxygens (including phenoxy) is 1. The van der Waals surface area contributed by atoms with Gasteiger partial charge < -0.3 is 10.1 Å². The molecule has 1 aromatic rings. The number of aryl methyl sites for hydroxylation is 1. The Balaban J connectivity index is 1.96. The highest BCUT2D eigenvalue weighted by Crippen LogP contribution is 2.26. The molecule has 0 spiro atoms. The first kappa shape index (κ1) is 15.4. The standard InChI is InChI=1S/C12H20N6O3/c1-8-10(18(19)20)11(16-12(15-8)17-13)14-6-7-21-9-4-2-3-5-9/h9H,2-7,13H2,1H3,(H2,14,15,16,17). The third-order valence-electron chi connectivity index (χ3n) is 3.42. The van der Waals surface area contributed by atoms with E-state index in [-0.39, 0.29) is 23.1 Å². The number of anilines is 2. The van der Waals surface area contributed by atoms with E-state index in [1.54, 1.807) is 6.92 Å². The summed E-state index contributed by atoms with van der Waals surface area (Å²) >= 11 is 0. The molecule has 1 aliphatic carbocycles. The topological polar surface area (TPSA) is 128 Å². The number of nitro groups is 1. The van der Waals surface area contributed by atoms with Crippen molar-refractivity contribution in [2.75, 3.05) is 23.9 Å². The number of hydrogen-bond donors (Lipinski definition) is 3. The van der Waals surface area contributed by atoms with Crippen LogP contribution in [0.15, 0.2) is 0 Å². The number of aromatic nitrogens is 2. The second kappa shape index (κ2) is 7.14. The lowest BCUT2D eigenvalue weighted by Crippen LogP contribution is -2.18. The van der Waals surface area contributed by atoms with Crippen LogP contribution in [0.5, 0.6) is 0 Å². The van der Waals surface area contributed by atoms with Crippen LogP contribution in [0.2, 0.25) is 0 Å². The molecule has 1 fully saturated rings. The summed E-state index contributed by atoms with van der Waals surface area (Å²) in [6.07, 6.45) is 4.91. The van der Waals surface area contributed by atoms with Gasteiger partial charge in [-0.1, -0.05) is 12.8 Å². The van der Waals surface area contributed by atoms with E-state index in [9.17, 15) is 10.1 Å². The number of rotatable bonds is 7. The fraction of sp³-hybridized carbons (Fsp3) is 0.667. The molecule has 0 atom stereocenters. The molecular weight excluding hydrogens is 276 g/mol. The van der Waals surface area contributed by atoms with E-state index >= 15 is 0 Å². The summed E-state index contributed by atoms with van der Waals surface area (Å²) in [6.45, 7) is 2.47. The van der Waals surface area contributed by atoms with Crippen molar-refractivity contribution in [1.29, 1.82) is 0 Å². The molecule has 1 aliphatic rings. The molecule has 0 amide bonds. The molecule has 0 radical (unpaired) electrons. The number of nitrogen functional groups attached to an aromatic ring is 1. The van der Waals surface area contributed by atoms with E-state index in [0.29, 0.717) is 19.3 Å². The van der Waals surface area contributed by atoms with E-state index in [1.165, 1.54) is 12.8 Å². The number of hydrazine groups is 1. The summed E-state index contributed by atoms with van der Waals surface area (Å²) in [6, 6.07) is 0. The zero-order valence-electron chi connectivity index (χ0n) is 12.0. The molecule has 2 rings (SSSR count). The van der Waals surface area contributed by atoms with Gasteiger partial charge in [-0.15, -0.1) is 0 Å². The summed E-state index contributed by atoms with van der Waals surface area (Å²) < 4.78 is 5.70. The second-order valence-corrected chi connectivity index (χ2v) is 4.94. The zero-order chi connectivity index (χ0) is 15.2. The van der Waals surface area contributed by atoms with Crippen molar-refractivity contribution in [3.63, 3.8) is 0 Å². The van der Waals surface area contributed by atoms with E-state index in [2.05, 4.69) is 20.7 Å². The van der Waals surface area contributed by atoms with Gasteiger partial charge in [0.25, 0.3) is 0 Å². The maximum Gasteiger partial charge on any atom is 0.332 e. The highest BCUT2D eigenvalue weighted by molar-refractivity contribution is 5.60. The maximum atomic E-state index is 11.1. The van der Waals surface area contributed by atoms with Crippen molar-refractivity contribution in [1.82, 2.24) is 9.97 Å². The molecule has 9 nitrogen and oxygen atoms in total. The fourth-order valence-corrected chi connectivity index (χ4v) is 2.42. The maximum absolute atomic E-state index is 11.1. The van der Waals surface area contributed by atoms with Crippen LogP contribution in [0.3, 0.4) is 0 Å². The van der Waals surface area contributed by atoms with E-state index in [4.69, 9.17) is 10.6 Å². The third kappa shape index (κ3) is 3.99. The number of nitrogens with zero attached hydrogens (tertiary/aromatic N) is 3. The summed E-state index contributed by atoms with van der Waals surface area (Å²) in [4.78, 5) is 18.5. The van der Waals surface area contributed by atoms with Crippen LogP contribution in [-0.4, -0.2) is 34.1 Å². The van der Waals surface area contributed by atoms with Gasteiger partial charge in [-0.2, -0.15) is 4.98 Å². The minimum absolute atomic E-state index is 0.136. The van der Waals surface area contributed by atoms with E-state index < -0.39 is 4.92 Å². The molecule has 0 saturated heterocycles. The van der Waals surface area contributed by atoms with Gasteiger partial charge in [-0.05, 0) is 19.8 Å².